The average molecular weight is 381 g/mol. The SMILES string of the molecule is Cc1ccc(CNC(=O)c2cc(C(=O)Nc3c(F)cccc3F)ccn2)cc1. The number of benzene rings is 2. The molecule has 28 heavy (non-hydrogen) atoms. The number of hydrogen-bond donors (Lipinski definition) is 2. The minimum Gasteiger partial charge on any atom is -0.347 e. The van der Waals surface area contributed by atoms with Crippen molar-refractivity contribution in [2.75, 3.05) is 5.32 Å². The second-order valence-corrected chi connectivity index (χ2v) is 6.15. The summed E-state index contributed by atoms with van der Waals surface area (Å²) in [6.45, 7) is 2.27. The molecule has 0 aliphatic heterocycles. The first-order valence-corrected chi connectivity index (χ1v) is 8.49. The Kier molecular flexibility index (Phi) is 5.74. The molecule has 0 saturated heterocycles. The Balaban J connectivity index is 1.69. The lowest BCUT2D eigenvalue weighted by Gasteiger charge is -2.09. The standard InChI is InChI=1S/C21H17F2N3O2/c1-13-5-7-14(8-6-13)12-25-21(28)18-11-15(9-10-24-18)20(27)26-19-16(22)3-2-4-17(19)23/h2-11H,12H2,1H3,(H,25,28)(H,26,27). The summed E-state index contributed by atoms with van der Waals surface area (Å²) in [5.41, 5.74) is 1.56. The lowest BCUT2D eigenvalue weighted by Crippen LogP contribution is -2.24. The lowest BCUT2D eigenvalue weighted by molar-refractivity contribution is 0.0946. The molecule has 2 amide bonds. The highest BCUT2D eigenvalue weighted by atomic mass is 19.1. The van der Waals surface area contributed by atoms with E-state index in [0.29, 0.717) is 6.54 Å². The Bertz CT molecular complexity index is 1000. The van der Waals surface area contributed by atoms with Crippen molar-refractivity contribution in [3.8, 4) is 0 Å². The maximum Gasteiger partial charge on any atom is 0.270 e. The van der Waals surface area contributed by atoms with Crippen molar-refractivity contribution in [2.45, 2.75) is 13.5 Å². The number of nitrogens with zero attached hydrogens (tertiary/aromatic N) is 1. The highest BCUT2D eigenvalue weighted by Gasteiger charge is 2.15. The van der Waals surface area contributed by atoms with Gasteiger partial charge in [0.2, 0.25) is 0 Å². The van der Waals surface area contributed by atoms with Crippen LogP contribution in [-0.2, 0) is 6.54 Å². The van der Waals surface area contributed by atoms with Gasteiger partial charge < -0.3 is 10.6 Å². The van der Waals surface area contributed by atoms with Crippen molar-refractivity contribution in [1.82, 2.24) is 10.3 Å². The molecule has 3 aromatic rings. The quantitative estimate of drug-likeness (QED) is 0.705. The summed E-state index contributed by atoms with van der Waals surface area (Å²) in [4.78, 5) is 28.6. The van der Waals surface area contributed by atoms with E-state index in [1.165, 1.54) is 24.4 Å². The van der Waals surface area contributed by atoms with E-state index in [9.17, 15) is 18.4 Å². The third-order valence-electron chi connectivity index (χ3n) is 4.03. The zero-order chi connectivity index (χ0) is 20.1. The summed E-state index contributed by atoms with van der Waals surface area (Å²) in [7, 11) is 0. The van der Waals surface area contributed by atoms with Gasteiger partial charge in [-0.2, -0.15) is 0 Å². The van der Waals surface area contributed by atoms with Crippen molar-refractivity contribution in [2.24, 2.45) is 0 Å². The molecule has 0 spiro atoms. The van der Waals surface area contributed by atoms with Gasteiger partial charge in [-0.05, 0) is 36.8 Å². The Morgan fingerprint density at radius 1 is 0.964 bits per heavy atom. The molecule has 1 aromatic heterocycles. The second kappa shape index (κ2) is 8.39. The number of pyridine rings is 1. The van der Waals surface area contributed by atoms with Gasteiger partial charge in [0.05, 0.1) is 0 Å². The van der Waals surface area contributed by atoms with Crippen LogP contribution >= 0.6 is 0 Å². The van der Waals surface area contributed by atoms with Crippen LogP contribution in [0, 0.1) is 18.6 Å². The minimum atomic E-state index is -0.890. The number of amides is 2. The first-order chi connectivity index (χ1) is 13.4. The molecule has 0 bridgehead atoms. The minimum absolute atomic E-state index is 0.0220. The van der Waals surface area contributed by atoms with Gasteiger partial charge in [-0.15, -0.1) is 0 Å². The van der Waals surface area contributed by atoms with Gasteiger partial charge in [0, 0.05) is 18.3 Å². The Morgan fingerprint density at radius 2 is 1.64 bits per heavy atom. The van der Waals surface area contributed by atoms with Crippen LogP contribution in [0.1, 0.15) is 32.0 Å². The number of halogens is 2. The van der Waals surface area contributed by atoms with Gasteiger partial charge >= 0.3 is 0 Å². The monoisotopic (exact) mass is 381 g/mol. The molecule has 0 atom stereocenters. The maximum atomic E-state index is 13.7. The molecule has 0 saturated carbocycles. The number of hydrogen-bond acceptors (Lipinski definition) is 3. The summed E-state index contributed by atoms with van der Waals surface area (Å²) >= 11 is 0. The highest BCUT2D eigenvalue weighted by Crippen LogP contribution is 2.19. The van der Waals surface area contributed by atoms with E-state index in [4.69, 9.17) is 0 Å². The zero-order valence-corrected chi connectivity index (χ0v) is 15.0. The first-order valence-electron chi connectivity index (χ1n) is 8.49. The van der Waals surface area contributed by atoms with E-state index < -0.39 is 29.1 Å². The van der Waals surface area contributed by atoms with Crippen LogP contribution < -0.4 is 10.6 Å². The van der Waals surface area contributed by atoms with Crippen molar-refractivity contribution in [3.63, 3.8) is 0 Å². The number of anilines is 1. The molecule has 0 aliphatic carbocycles. The molecule has 0 aliphatic rings. The van der Waals surface area contributed by atoms with E-state index in [1.807, 2.05) is 31.2 Å². The smallest absolute Gasteiger partial charge is 0.270 e. The van der Waals surface area contributed by atoms with Crippen molar-refractivity contribution >= 4 is 17.5 Å². The number of carbonyl (C=O) groups is 2. The first kappa shape index (κ1) is 19.2. The number of aromatic nitrogens is 1. The van der Waals surface area contributed by atoms with Crippen LogP contribution in [0.5, 0.6) is 0 Å². The van der Waals surface area contributed by atoms with Crippen LogP contribution in [0.3, 0.4) is 0 Å². The topological polar surface area (TPSA) is 71.1 Å². The van der Waals surface area contributed by atoms with Crippen LogP contribution in [0.15, 0.2) is 60.8 Å². The predicted molar refractivity (Wildman–Crippen MR) is 101 cm³/mol. The van der Waals surface area contributed by atoms with Crippen molar-refractivity contribution in [1.29, 1.82) is 0 Å². The van der Waals surface area contributed by atoms with Crippen LogP contribution in [0.4, 0.5) is 14.5 Å². The molecule has 5 nitrogen and oxygen atoms in total. The summed E-state index contributed by atoms with van der Waals surface area (Å²) in [5.74, 6) is -3.00. The number of nitrogens with one attached hydrogen (secondary N) is 2. The fourth-order valence-electron chi connectivity index (χ4n) is 2.48. The summed E-state index contributed by atoms with van der Waals surface area (Å²) in [5, 5.41) is 4.89. The predicted octanol–water partition coefficient (Wildman–Crippen LogP) is 3.85. The van der Waals surface area contributed by atoms with Gasteiger partial charge in [-0.3, -0.25) is 14.6 Å². The molecule has 0 radical (unpaired) electrons. The normalized spacial score (nSPS) is 10.4. The number of para-hydroxylation sites is 1. The molecule has 1 heterocycles. The summed E-state index contributed by atoms with van der Waals surface area (Å²) in [6, 6.07) is 13.6. The number of carbonyl (C=O) groups excluding carboxylic acids is 2. The lowest BCUT2D eigenvalue weighted by atomic mass is 10.1. The summed E-state index contributed by atoms with van der Waals surface area (Å²) in [6.07, 6.45) is 1.29. The number of aryl methyl sites for hydroxylation is 1. The van der Waals surface area contributed by atoms with Crippen LogP contribution in [0.25, 0.3) is 0 Å². The average Bonchev–Trinajstić information content (AvgIpc) is 2.70. The number of rotatable bonds is 5. The molecule has 0 fully saturated rings. The van der Waals surface area contributed by atoms with Crippen molar-refractivity contribution < 1.29 is 18.4 Å². The van der Waals surface area contributed by atoms with Gasteiger partial charge in [-0.25, -0.2) is 8.78 Å². The third kappa shape index (κ3) is 4.56. The molecule has 3 rings (SSSR count). The summed E-state index contributed by atoms with van der Waals surface area (Å²) < 4.78 is 27.4. The van der Waals surface area contributed by atoms with Gasteiger partial charge in [0.15, 0.2) is 0 Å². The molecule has 0 unspecified atom stereocenters. The highest BCUT2D eigenvalue weighted by molar-refractivity contribution is 6.05. The van der Waals surface area contributed by atoms with Gasteiger partial charge in [-0.1, -0.05) is 35.9 Å². The van der Waals surface area contributed by atoms with E-state index in [-0.39, 0.29) is 11.3 Å². The molecular formula is C21H17F2N3O2. The fraction of sp³-hybridized carbons (Fsp3) is 0.0952. The largest absolute Gasteiger partial charge is 0.347 e. The van der Waals surface area contributed by atoms with Gasteiger partial charge in [0.25, 0.3) is 11.8 Å². The second-order valence-electron chi connectivity index (χ2n) is 6.15. The molecule has 142 valence electrons. The fourth-order valence-corrected chi connectivity index (χ4v) is 2.48. The van der Waals surface area contributed by atoms with E-state index >= 15 is 0 Å². The van der Waals surface area contributed by atoms with Gasteiger partial charge in [0.1, 0.15) is 23.0 Å². The van der Waals surface area contributed by atoms with E-state index in [1.54, 1.807) is 0 Å². The molecule has 2 aromatic carbocycles. The molecule has 7 heteroatoms. The van der Waals surface area contributed by atoms with E-state index in [0.717, 1.165) is 23.3 Å². The Morgan fingerprint density at radius 3 is 2.32 bits per heavy atom. The van der Waals surface area contributed by atoms with E-state index in [2.05, 4.69) is 15.6 Å². The maximum absolute atomic E-state index is 13.7. The van der Waals surface area contributed by atoms with Crippen molar-refractivity contribution in [3.05, 3.63) is 94.8 Å². The Hall–Kier alpha value is -3.61. The third-order valence-corrected chi connectivity index (χ3v) is 4.03. The molecule has 2 N–H and O–H groups in total. The van der Waals surface area contributed by atoms with Crippen LogP contribution in [-0.4, -0.2) is 16.8 Å². The molecular weight excluding hydrogens is 364 g/mol. The van der Waals surface area contributed by atoms with Crippen LogP contribution in [0.2, 0.25) is 0 Å². The zero-order valence-electron chi connectivity index (χ0n) is 15.0. The Labute approximate surface area is 160 Å².